The number of rotatable bonds is 30. The molecule has 0 aliphatic carbocycles. The van der Waals surface area contributed by atoms with E-state index in [4.69, 9.17) is 52.7 Å². The van der Waals surface area contributed by atoms with E-state index in [0.717, 1.165) is 33.4 Å². The summed E-state index contributed by atoms with van der Waals surface area (Å²) in [5.41, 5.74) is 16.1. The van der Waals surface area contributed by atoms with Gasteiger partial charge in [0.1, 0.15) is 43.1 Å². The summed E-state index contributed by atoms with van der Waals surface area (Å²) in [4.78, 5) is 108. The number of carboxylic acids is 1. The lowest BCUT2D eigenvalue weighted by Crippen LogP contribution is -2.45. The lowest BCUT2D eigenvalue weighted by Gasteiger charge is -2.25. The first-order valence-electron chi connectivity index (χ1n) is 37.0. The number of nitrogens with one attached hydrogen (secondary N) is 2. The van der Waals surface area contributed by atoms with E-state index >= 15 is 0 Å². The Morgan fingerprint density at radius 3 is 1.00 bits per heavy atom. The minimum atomic E-state index is -4.64. The molecule has 20 nitrogen and oxygen atoms in total. The van der Waals surface area contributed by atoms with Gasteiger partial charge in [-0.3, -0.25) is 33.5 Å². The maximum atomic E-state index is 13.5. The zero-order valence-electron chi connectivity index (χ0n) is 69.4. The molecule has 0 spiro atoms. The highest BCUT2D eigenvalue weighted by Gasteiger charge is 2.33. The van der Waals surface area contributed by atoms with Crippen molar-refractivity contribution in [3.63, 3.8) is 0 Å². The van der Waals surface area contributed by atoms with Crippen LogP contribution in [0.15, 0.2) is 182 Å². The summed E-state index contributed by atoms with van der Waals surface area (Å²) in [6, 6.07) is 53.8. The van der Waals surface area contributed by atoms with E-state index < -0.39 is 91.8 Å². The average Bonchev–Trinajstić information content (AvgIpc) is 0.866. The van der Waals surface area contributed by atoms with E-state index in [1.165, 1.54) is 0 Å². The molecule has 2 amide bonds. The van der Waals surface area contributed by atoms with Gasteiger partial charge in [0.05, 0.1) is 23.9 Å². The number of aldehydes is 1. The molecule has 0 aliphatic heterocycles. The lowest BCUT2D eigenvalue weighted by molar-refractivity contribution is -0.156. The molecule has 638 valence electrons. The Kier molecular flexibility index (Phi) is 55.3. The molecule has 0 saturated heterocycles. The number of terminal acetylenes is 1. The zero-order chi connectivity index (χ0) is 86.9. The van der Waals surface area contributed by atoms with Crippen LogP contribution in [0.2, 0.25) is 0 Å². The normalized spacial score (nSPS) is 12.6. The highest BCUT2D eigenvalue weighted by Crippen LogP contribution is 2.30. The van der Waals surface area contributed by atoms with Crippen molar-refractivity contribution in [2.75, 3.05) is 17.3 Å². The highest BCUT2D eigenvalue weighted by molar-refractivity contribution is 8.01. The first kappa shape index (κ1) is 108. The Balaban J connectivity index is -0.000000708. The Morgan fingerprint density at radius 2 is 0.722 bits per heavy atom. The number of carbonyl (C=O) groups excluding carboxylic acids is 8. The molecular formula is C87H125BF4N4O16S3. The number of esters is 3. The number of alkyl halides is 3. The third kappa shape index (κ3) is 59.4. The molecule has 0 bridgehead atoms. The molecule has 0 unspecified atom stereocenters. The number of hydrogen-bond acceptors (Lipinski definition) is 20. The quantitative estimate of drug-likeness (QED) is 0.00609. The summed E-state index contributed by atoms with van der Waals surface area (Å²) in [5, 5.41) is 21.6. The smallest absolute Gasteiger partial charge is 0.446 e. The fourth-order valence-electron chi connectivity index (χ4n) is 8.86. The molecule has 0 aliphatic rings. The van der Waals surface area contributed by atoms with Crippen LogP contribution >= 0.6 is 35.3 Å². The standard InChI is InChI=1S/C29H39NO5S.C24H31NO3S.C14H19NO4.C14H21NO2S.C2HF3O.C2H2.2CH4.BH3O.FH/c1-28(2,3)35-27(33)30-24(17-21-13-9-7-10-14-21)25(31)18-23(20-36-29(4,5)6)26(32)34-19-22-15-11-8-12-16-22;1-24(2,3)29-17-20(23(27)28-16-19-12-8-5-9-13-19)15-22(26)21(25)14-18-10-6-4-7-11-18;1-14(2,3)19-13(18)15-11(12(16)17)9-10-7-5-4-6-8-10;1-14(2,3)18-10-12(15)13(16)17-9-11-7-5-4-6-8-11;3-2(4,5)1-6;1-2;;;1-2;/h7-16,23-24H,17-20H2,1-6H3,(H,30,33);4-13,20-21H,14-17,25H2,1-3H3;4-8,11H,9H2,1-3H3,(H,15,18)(H,16,17);4-8,12H,9-10,15H2,1-3H3;1H;1-2H;2*1H4;2H,1H2;1H/t23-,24-;20-,21-;11-;12-;;;;;;/m0000....../s1/i;;;;;;;;1TD;. The van der Waals surface area contributed by atoms with Crippen LogP contribution in [-0.2, 0) is 96.3 Å². The third-order valence-electron chi connectivity index (χ3n) is 14.1. The molecule has 0 heterocycles. The zero-order valence-corrected chi connectivity index (χ0v) is 69.9. The number of hydrogen-bond donors (Lipinski definition) is 6. The molecule has 6 aromatic carbocycles. The monoisotopic (exact) mass is 1670 g/mol. The van der Waals surface area contributed by atoms with Gasteiger partial charge in [-0.25, -0.2) is 14.4 Å². The summed E-state index contributed by atoms with van der Waals surface area (Å²) >= 11 is 4.93. The molecule has 0 radical (unpaired) electrons. The summed E-state index contributed by atoms with van der Waals surface area (Å²) in [7, 11) is -1.67. The lowest BCUT2D eigenvalue weighted by atomic mass is 9.95. The number of ether oxygens (including phenoxy) is 5. The van der Waals surface area contributed by atoms with Crippen LogP contribution in [0.1, 0.15) is 165 Å². The number of thioether (sulfide) groups is 3. The number of alkyl carbamates (subject to hydrolysis) is 2. The van der Waals surface area contributed by atoms with E-state index in [1.54, 1.807) is 76.8 Å². The molecule has 28 heteroatoms. The third-order valence-corrected chi connectivity index (χ3v) is 18.4. The van der Waals surface area contributed by atoms with E-state index in [9.17, 15) is 51.5 Å². The number of carboxylic acid groups (broad SMARTS) is 1. The fraction of sp³-hybridized carbons (Fsp3) is 0.460. The number of halogens is 4. The Morgan fingerprint density at radius 1 is 0.470 bits per heavy atom. The van der Waals surface area contributed by atoms with Gasteiger partial charge in [-0.2, -0.15) is 48.5 Å². The number of Topliss-reactive ketones (excluding diaryl/α,β-unsaturated/α-hetero) is 2. The fourth-order valence-corrected chi connectivity index (χ4v) is 11.6. The van der Waals surface area contributed by atoms with Crippen LogP contribution < -0.4 is 22.1 Å². The Labute approximate surface area is 696 Å². The summed E-state index contributed by atoms with van der Waals surface area (Å²) in [5.74, 6) is -2.12. The SMILES string of the molecule is C.C.C#C.CC(C)(C)OC(=O)N[C@@H](Cc1ccccc1)C(=O)C[C@@H](CSC(C)(C)C)C(=O)OCc1ccccc1.CC(C)(C)OC(=O)N[C@@H](Cc1ccccc1)C(=O)O.CC(C)(C)SC[C@H](CC(=O)[C@@H](N)Cc1ccccc1)C(=O)OCc1ccccc1.CC(C)(C)SC[C@H](N)C(=O)OCc1ccccc1.F.O=CC(F)(F)F.[2H]B([3H])O. The van der Waals surface area contributed by atoms with Crippen LogP contribution in [0.3, 0.4) is 0 Å². The molecule has 0 saturated carbocycles. The van der Waals surface area contributed by atoms with Gasteiger partial charge in [0.15, 0.2) is 11.6 Å². The largest absolute Gasteiger partial charge is 0.480 e. The van der Waals surface area contributed by atoms with Crippen LogP contribution in [0.25, 0.3) is 0 Å². The Bertz CT molecular complexity index is 3760. The van der Waals surface area contributed by atoms with Crippen LogP contribution in [0.4, 0.5) is 27.5 Å². The second-order valence-electron chi connectivity index (χ2n) is 30.0. The Hall–Kier alpha value is -8.98. The number of amides is 2. The van der Waals surface area contributed by atoms with Gasteiger partial charge in [-0.15, -0.1) is 12.8 Å². The number of nitrogens with two attached hydrogens (primary N) is 2. The van der Waals surface area contributed by atoms with Crippen molar-refractivity contribution >= 4 is 97.2 Å². The van der Waals surface area contributed by atoms with Crippen molar-refractivity contribution in [2.24, 2.45) is 23.3 Å². The van der Waals surface area contributed by atoms with Crippen LogP contribution in [-0.4, -0.2) is 148 Å². The van der Waals surface area contributed by atoms with Crippen molar-refractivity contribution in [3.8, 4) is 12.8 Å². The number of aliphatic carboxylic acids is 1. The van der Waals surface area contributed by atoms with Gasteiger partial charge in [-0.05, 0) is 87.8 Å². The summed E-state index contributed by atoms with van der Waals surface area (Å²) < 4.78 is 69.6. The second-order valence-corrected chi connectivity index (χ2v) is 35.5. The first-order valence-corrected chi connectivity index (χ1v) is 38.8. The van der Waals surface area contributed by atoms with Gasteiger partial charge in [0, 0.05) is 53.4 Å². The predicted molar refractivity (Wildman–Crippen MR) is 461 cm³/mol. The summed E-state index contributed by atoms with van der Waals surface area (Å²) in [6.45, 7) is 29.9. The maximum Gasteiger partial charge on any atom is 0.446 e. The van der Waals surface area contributed by atoms with Crippen molar-refractivity contribution in [2.45, 2.75) is 226 Å². The molecule has 6 aromatic rings. The van der Waals surface area contributed by atoms with Crippen molar-refractivity contribution < 1.29 is 94.8 Å². The minimum Gasteiger partial charge on any atom is -0.480 e. The number of benzene rings is 6. The summed E-state index contributed by atoms with van der Waals surface area (Å²) in [6.07, 6.45) is 1.96. The van der Waals surface area contributed by atoms with Crippen molar-refractivity contribution in [3.05, 3.63) is 215 Å². The first-order chi connectivity index (χ1) is 53.0. The molecule has 8 N–H and O–H groups in total. The molecule has 6 atom stereocenters. The minimum absolute atomic E-state index is 0. The van der Waals surface area contributed by atoms with Gasteiger partial charge >= 0.3 is 42.2 Å². The van der Waals surface area contributed by atoms with Gasteiger partial charge in [0.2, 0.25) is 6.29 Å². The van der Waals surface area contributed by atoms with E-state index in [2.05, 4.69) is 85.8 Å². The number of carbonyl (C=O) groups is 9. The molecule has 0 fully saturated rings. The highest BCUT2D eigenvalue weighted by atomic mass is 32.2. The van der Waals surface area contributed by atoms with E-state index in [1.807, 2.05) is 182 Å². The molecule has 6 rings (SSSR count). The maximum absolute atomic E-state index is 13.5. The van der Waals surface area contributed by atoms with Gasteiger partial charge in [0.25, 0.3) is 7.98 Å². The number of ketones is 2. The van der Waals surface area contributed by atoms with Crippen LogP contribution in [0.5, 0.6) is 0 Å². The van der Waals surface area contributed by atoms with E-state index in [-0.39, 0.29) is 96.4 Å². The van der Waals surface area contributed by atoms with Gasteiger partial charge in [-0.1, -0.05) is 259 Å². The van der Waals surface area contributed by atoms with Crippen molar-refractivity contribution in [1.82, 2.24) is 10.6 Å². The van der Waals surface area contributed by atoms with Crippen LogP contribution in [0, 0.1) is 24.7 Å². The molecule has 115 heavy (non-hydrogen) atoms. The molecular weight excluding hydrogens is 1540 g/mol. The topological polar surface area (TPSA) is 316 Å². The average molecular weight is 1670 g/mol. The second kappa shape index (κ2) is 58.8. The van der Waals surface area contributed by atoms with Gasteiger partial charge < -0.3 is 55.9 Å². The van der Waals surface area contributed by atoms with Crippen molar-refractivity contribution in [1.29, 1.82) is 2.67 Å². The predicted octanol–water partition coefficient (Wildman–Crippen LogP) is 16.1. The van der Waals surface area contributed by atoms with E-state index in [0.29, 0.717) is 30.1 Å². The molecule has 0 aromatic heterocycles.